The summed E-state index contributed by atoms with van der Waals surface area (Å²) in [6.07, 6.45) is 5.06. The number of nitrogens with zero attached hydrogens (tertiary/aromatic N) is 3. The first-order valence-corrected chi connectivity index (χ1v) is 13.6. The average Bonchev–Trinajstić information content (AvgIpc) is 3.32. The Bertz CT molecular complexity index is 1200. The van der Waals surface area contributed by atoms with Crippen LogP contribution in [0.25, 0.3) is 0 Å². The number of hydrogen-bond acceptors (Lipinski definition) is 8. The molecule has 35 heavy (non-hydrogen) atoms. The van der Waals surface area contributed by atoms with E-state index in [1.807, 2.05) is 42.7 Å². The highest BCUT2D eigenvalue weighted by Crippen LogP contribution is 2.38. The Kier molecular flexibility index (Phi) is 8.46. The maximum absolute atomic E-state index is 12.8. The van der Waals surface area contributed by atoms with Crippen molar-refractivity contribution < 1.29 is 19.1 Å². The van der Waals surface area contributed by atoms with E-state index in [2.05, 4.69) is 15.5 Å². The van der Waals surface area contributed by atoms with Crippen molar-refractivity contribution in [3.63, 3.8) is 0 Å². The zero-order valence-electron chi connectivity index (χ0n) is 20.3. The molecule has 8 nitrogen and oxygen atoms in total. The van der Waals surface area contributed by atoms with Crippen LogP contribution in [-0.4, -0.2) is 39.5 Å². The molecule has 0 spiro atoms. The van der Waals surface area contributed by atoms with Crippen LogP contribution in [-0.2, 0) is 35.5 Å². The molecular formula is C25H30N4O4S2. The number of amides is 1. The predicted molar refractivity (Wildman–Crippen MR) is 137 cm³/mol. The van der Waals surface area contributed by atoms with Gasteiger partial charge < -0.3 is 19.4 Å². The summed E-state index contributed by atoms with van der Waals surface area (Å²) in [5, 5.41) is 12.7. The van der Waals surface area contributed by atoms with E-state index in [9.17, 15) is 9.59 Å². The smallest absolute Gasteiger partial charge is 0.341 e. The zero-order valence-corrected chi connectivity index (χ0v) is 21.9. The molecule has 1 amide bonds. The van der Waals surface area contributed by atoms with E-state index in [1.165, 1.54) is 35.1 Å². The Morgan fingerprint density at radius 1 is 1.20 bits per heavy atom. The standard InChI is InChI=1S/C25H30N4O4S2/c1-4-29-20(14-33-17-10-8-9-16(2)13-17)27-28-25(29)34-15-21(30)26-23-22(24(31)32-3)18-11-6-5-7-12-19(18)35-23/h8-10,13H,4-7,11-12,14-15H2,1-3H3,(H,26,30). The van der Waals surface area contributed by atoms with Crippen LogP contribution in [0.4, 0.5) is 5.00 Å². The van der Waals surface area contributed by atoms with Gasteiger partial charge in [-0.1, -0.05) is 30.3 Å². The minimum Gasteiger partial charge on any atom is -0.486 e. The molecule has 0 saturated carbocycles. The molecule has 0 atom stereocenters. The lowest BCUT2D eigenvalue weighted by Crippen LogP contribution is -2.17. The second-order valence-electron chi connectivity index (χ2n) is 8.35. The maximum Gasteiger partial charge on any atom is 0.341 e. The second-order valence-corrected chi connectivity index (χ2v) is 10.4. The normalized spacial score (nSPS) is 13.1. The van der Waals surface area contributed by atoms with E-state index < -0.39 is 5.97 Å². The van der Waals surface area contributed by atoms with E-state index in [1.54, 1.807) is 0 Å². The van der Waals surface area contributed by atoms with Gasteiger partial charge in [0.25, 0.3) is 0 Å². The summed E-state index contributed by atoms with van der Waals surface area (Å²) in [5.41, 5.74) is 2.67. The number of carbonyl (C=O) groups is 2. The molecule has 0 radical (unpaired) electrons. The highest BCUT2D eigenvalue weighted by molar-refractivity contribution is 7.99. The number of hydrogen-bond donors (Lipinski definition) is 1. The molecule has 0 unspecified atom stereocenters. The number of fused-ring (bicyclic) bond motifs is 1. The van der Waals surface area contributed by atoms with Gasteiger partial charge in [-0.15, -0.1) is 21.5 Å². The summed E-state index contributed by atoms with van der Waals surface area (Å²) >= 11 is 2.81. The monoisotopic (exact) mass is 514 g/mol. The minimum absolute atomic E-state index is 0.153. The average molecular weight is 515 g/mol. The zero-order chi connectivity index (χ0) is 24.8. The van der Waals surface area contributed by atoms with Gasteiger partial charge in [-0.25, -0.2) is 4.79 Å². The van der Waals surface area contributed by atoms with Crippen LogP contribution >= 0.6 is 23.1 Å². The molecule has 0 aliphatic heterocycles. The maximum atomic E-state index is 12.8. The molecule has 0 bridgehead atoms. The van der Waals surface area contributed by atoms with Gasteiger partial charge in [0, 0.05) is 11.4 Å². The summed E-state index contributed by atoms with van der Waals surface area (Å²) in [6.45, 7) is 4.97. The lowest BCUT2D eigenvalue weighted by Gasteiger charge is -2.10. The molecule has 1 N–H and O–H groups in total. The van der Waals surface area contributed by atoms with Crippen molar-refractivity contribution in [2.45, 2.75) is 64.3 Å². The Balaban J connectivity index is 1.40. The fourth-order valence-corrected chi connectivity index (χ4v) is 6.26. The van der Waals surface area contributed by atoms with Gasteiger partial charge in [-0.05, 0) is 62.8 Å². The first kappa shape index (κ1) is 25.2. The Labute approximate surface area is 213 Å². The second kappa shape index (κ2) is 11.7. The van der Waals surface area contributed by atoms with E-state index in [0.29, 0.717) is 34.7 Å². The van der Waals surface area contributed by atoms with Crippen molar-refractivity contribution in [2.75, 3.05) is 18.2 Å². The summed E-state index contributed by atoms with van der Waals surface area (Å²) in [7, 11) is 1.38. The SMILES string of the molecule is CCn1c(COc2cccc(C)c2)nnc1SCC(=O)Nc1sc2c(c1C(=O)OC)CCCCC2. The number of rotatable bonds is 9. The number of benzene rings is 1. The number of thiophene rings is 1. The molecule has 2 aromatic heterocycles. The highest BCUT2D eigenvalue weighted by atomic mass is 32.2. The quantitative estimate of drug-likeness (QED) is 0.243. The molecule has 186 valence electrons. The molecule has 0 saturated heterocycles. The lowest BCUT2D eigenvalue weighted by atomic mass is 10.1. The van der Waals surface area contributed by atoms with Crippen LogP contribution in [0.2, 0.25) is 0 Å². The lowest BCUT2D eigenvalue weighted by molar-refractivity contribution is -0.113. The molecule has 1 aliphatic carbocycles. The highest BCUT2D eigenvalue weighted by Gasteiger charge is 2.26. The van der Waals surface area contributed by atoms with Crippen molar-refractivity contribution in [1.82, 2.24) is 14.8 Å². The van der Waals surface area contributed by atoms with E-state index in [4.69, 9.17) is 9.47 Å². The molecule has 1 aliphatic rings. The number of thioether (sulfide) groups is 1. The van der Waals surface area contributed by atoms with Gasteiger partial charge in [0.1, 0.15) is 17.4 Å². The number of nitrogens with one attached hydrogen (secondary N) is 1. The van der Waals surface area contributed by atoms with Crippen molar-refractivity contribution in [2.24, 2.45) is 0 Å². The summed E-state index contributed by atoms with van der Waals surface area (Å²) in [6, 6.07) is 7.85. The molecule has 0 fully saturated rings. The van der Waals surface area contributed by atoms with Gasteiger partial charge in [-0.3, -0.25) is 4.79 Å². The van der Waals surface area contributed by atoms with Crippen LogP contribution in [0.1, 0.15) is 58.4 Å². The summed E-state index contributed by atoms with van der Waals surface area (Å²) in [4.78, 5) is 26.5. The number of esters is 1. The third-order valence-corrected chi connectivity index (χ3v) is 8.04. The number of anilines is 1. The third kappa shape index (κ3) is 6.05. The van der Waals surface area contributed by atoms with Crippen LogP contribution < -0.4 is 10.1 Å². The number of ether oxygens (including phenoxy) is 2. The van der Waals surface area contributed by atoms with Gasteiger partial charge >= 0.3 is 5.97 Å². The number of methoxy groups -OCH3 is 1. The van der Waals surface area contributed by atoms with E-state index in [-0.39, 0.29) is 11.7 Å². The fourth-order valence-electron chi connectivity index (χ4n) is 4.14. The fraction of sp³-hybridized carbons (Fsp3) is 0.440. The van der Waals surface area contributed by atoms with Crippen LogP contribution in [0.15, 0.2) is 29.4 Å². The van der Waals surface area contributed by atoms with Crippen LogP contribution in [0.5, 0.6) is 5.75 Å². The number of aromatic nitrogens is 3. The first-order chi connectivity index (χ1) is 17.0. The molecule has 4 rings (SSSR count). The van der Waals surface area contributed by atoms with Crippen molar-refractivity contribution >= 4 is 40.0 Å². The number of aryl methyl sites for hydroxylation is 2. The van der Waals surface area contributed by atoms with Crippen molar-refractivity contribution in [3.05, 3.63) is 51.7 Å². The van der Waals surface area contributed by atoms with Crippen LogP contribution in [0, 0.1) is 6.92 Å². The number of carbonyl (C=O) groups excluding carboxylic acids is 2. The van der Waals surface area contributed by atoms with Gasteiger partial charge in [0.2, 0.25) is 5.91 Å². The van der Waals surface area contributed by atoms with Crippen molar-refractivity contribution in [1.29, 1.82) is 0 Å². The predicted octanol–water partition coefficient (Wildman–Crippen LogP) is 5.03. The van der Waals surface area contributed by atoms with Crippen LogP contribution in [0.3, 0.4) is 0 Å². The topological polar surface area (TPSA) is 95.3 Å². The Morgan fingerprint density at radius 2 is 2.03 bits per heavy atom. The molecule has 3 aromatic rings. The summed E-state index contributed by atoms with van der Waals surface area (Å²) in [5.74, 6) is 1.04. The van der Waals surface area contributed by atoms with Gasteiger partial charge in [-0.2, -0.15) is 0 Å². The van der Waals surface area contributed by atoms with Gasteiger partial charge in [0.15, 0.2) is 11.0 Å². The molecule has 1 aromatic carbocycles. The van der Waals surface area contributed by atoms with Crippen molar-refractivity contribution in [3.8, 4) is 5.75 Å². The Hall–Kier alpha value is -2.85. The van der Waals surface area contributed by atoms with Gasteiger partial charge in [0.05, 0.1) is 18.4 Å². The first-order valence-electron chi connectivity index (χ1n) is 11.8. The largest absolute Gasteiger partial charge is 0.486 e. The molecule has 2 heterocycles. The summed E-state index contributed by atoms with van der Waals surface area (Å²) < 4.78 is 12.8. The minimum atomic E-state index is -0.392. The molecule has 10 heteroatoms. The Morgan fingerprint density at radius 3 is 2.80 bits per heavy atom. The van der Waals surface area contributed by atoms with E-state index in [0.717, 1.165) is 49.0 Å². The molecular weight excluding hydrogens is 484 g/mol. The van der Waals surface area contributed by atoms with E-state index >= 15 is 0 Å². The third-order valence-electron chi connectivity index (χ3n) is 5.86.